The highest BCUT2D eigenvalue weighted by atomic mass is 16.2. The molecule has 0 bridgehead atoms. The van der Waals surface area contributed by atoms with Crippen molar-refractivity contribution in [1.29, 1.82) is 0 Å². The molecule has 5 heteroatoms. The van der Waals surface area contributed by atoms with Crippen molar-refractivity contribution in [3.63, 3.8) is 0 Å². The normalized spacial score (nSPS) is 9.47. The molecule has 17 heavy (non-hydrogen) atoms. The smallest absolute Gasteiger partial charge is 0.233 e. The number of terminal acetylenes is 1. The van der Waals surface area contributed by atoms with Crippen molar-refractivity contribution in [3.8, 4) is 12.3 Å². The second-order valence-corrected chi connectivity index (χ2v) is 3.47. The van der Waals surface area contributed by atoms with E-state index < -0.39 is 0 Å². The van der Waals surface area contributed by atoms with Crippen LogP contribution in [0.1, 0.15) is 20.3 Å². The van der Waals surface area contributed by atoms with Gasteiger partial charge in [0.2, 0.25) is 11.8 Å². The zero-order chi connectivity index (χ0) is 13.1. The summed E-state index contributed by atoms with van der Waals surface area (Å²) in [6.45, 7) is 6.19. The average Bonchev–Trinajstić information content (AvgIpc) is 2.31. The Balaban J connectivity index is 3.66. The Morgan fingerprint density at radius 2 is 1.94 bits per heavy atom. The maximum absolute atomic E-state index is 11.6. The van der Waals surface area contributed by atoms with Crippen LogP contribution in [0.5, 0.6) is 0 Å². The molecular weight excluding hydrogens is 218 g/mol. The highest BCUT2D eigenvalue weighted by Crippen LogP contribution is 1.92. The van der Waals surface area contributed by atoms with Crippen molar-refractivity contribution >= 4 is 11.8 Å². The van der Waals surface area contributed by atoms with Gasteiger partial charge in [0, 0.05) is 26.1 Å². The summed E-state index contributed by atoms with van der Waals surface area (Å²) in [5, 5.41) is 5.43. The van der Waals surface area contributed by atoms with Crippen LogP contribution in [0, 0.1) is 12.3 Å². The minimum Gasteiger partial charge on any atom is -0.354 e. The molecule has 0 unspecified atom stereocenters. The first-order chi connectivity index (χ1) is 8.15. The fourth-order valence-corrected chi connectivity index (χ4v) is 1.35. The minimum atomic E-state index is -0.146. The molecule has 0 aromatic carbocycles. The largest absolute Gasteiger partial charge is 0.354 e. The summed E-state index contributed by atoms with van der Waals surface area (Å²) in [6.07, 6.45) is 5.36. The van der Waals surface area contributed by atoms with Crippen LogP contribution < -0.4 is 10.6 Å². The van der Waals surface area contributed by atoms with Crippen molar-refractivity contribution in [2.24, 2.45) is 0 Å². The molecule has 0 fully saturated rings. The number of carbonyl (C=O) groups is 2. The number of carbonyl (C=O) groups excluding carboxylic acids is 2. The van der Waals surface area contributed by atoms with E-state index in [1.165, 1.54) is 0 Å². The van der Waals surface area contributed by atoms with E-state index in [9.17, 15) is 9.59 Å². The van der Waals surface area contributed by atoms with E-state index in [1.54, 1.807) is 4.90 Å². The monoisotopic (exact) mass is 239 g/mol. The van der Waals surface area contributed by atoms with Gasteiger partial charge in [-0.15, -0.1) is 6.42 Å². The maximum atomic E-state index is 11.6. The van der Waals surface area contributed by atoms with E-state index in [4.69, 9.17) is 6.42 Å². The van der Waals surface area contributed by atoms with Gasteiger partial charge >= 0.3 is 0 Å². The maximum Gasteiger partial charge on any atom is 0.233 e. The predicted molar refractivity (Wildman–Crippen MR) is 67.3 cm³/mol. The lowest BCUT2D eigenvalue weighted by atomic mass is 10.3. The molecule has 0 spiro atoms. The van der Waals surface area contributed by atoms with Crippen LogP contribution in [-0.4, -0.2) is 49.4 Å². The number of rotatable bonds is 8. The summed E-state index contributed by atoms with van der Waals surface area (Å²) in [5.41, 5.74) is 0. The summed E-state index contributed by atoms with van der Waals surface area (Å²) >= 11 is 0. The van der Waals surface area contributed by atoms with Gasteiger partial charge in [0.05, 0.1) is 13.1 Å². The molecule has 2 N–H and O–H groups in total. The summed E-state index contributed by atoms with van der Waals surface area (Å²) in [6, 6.07) is 0. The van der Waals surface area contributed by atoms with Crippen LogP contribution in [0.25, 0.3) is 0 Å². The summed E-state index contributed by atoms with van der Waals surface area (Å²) < 4.78 is 0. The Bertz CT molecular complexity index is 280. The summed E-state index contributed by atoms with van der Waals surface area (Å²) in [5.74, 6) is 2.29. The fraction of sp³-hybridized carbons (Fsp3) is 0.667. The lowest BCUT2D eigenvalue weighted by molar-refractivity contribution is -0.130. The molecule has 5 nitrogen and oxygen atoms in total. The molecule has 0 heterocycles. The van der Waals surface area contributed by atoms with Crippen LogP contribution in [-0.2, 0) is 9.59 Å². The van der Waals surface area contributed by atoms with Gasteiger partial charge < -0.3 is 10.2 Å². The predicted octanol–water partition coefficient (Wildman–Crippen LogP) is -0.416. The number of nitrogens with zero attached hydrogens (tertiary/aromatic N) is 1. The molecule has 0 rings (SSSR count). The van der Waals surface area contributed by atoms with Crippen molar-refractivity contribution in [3.05, 3.63) is 0 Å². The Morgan fingerprint density at radius 3 is 2.47 bits per heavy atom. The third-order valence-electron chi connectivity index (χ3n) is 2.29. The van der Waals surface area contributed by atoms with E-state index in [0.717, 1.165) is 0 Å². The van der Waals surface area contributed by atoms with Gasteiger partial charge in [-0.1, -0.05) is 5.92 Å². The number of amides is 2. The van der Waals surface area contributed by atoms with Crippen molar-refractivity contribution in [2.45, 2.75) is 20.3 Å². The minimum absolute atomic E-state index is 0.0619. The van der Waals surface area contributed by atoms with Crippen LogP contribution in [0.3, 0.4) is 0 Å². The first kappa shape index (κ1) is 15.5. The van der Waals surface area contributed by atoms with Gasteiger partial charge in [-0.2, -0.15) is 0 Å². The molecule has 0 aromatic heterocycles. The van der Waals surface area contributed by atoms with Gasteiger partial charge in [0.25, 0.3) is 0 Å². The van der Waals surface area contributed by atoms with Crippen LogP contribution >= 0.6 is 0 Å². The zero-order valence-electron chi connectivity index (χ0n) is 10.6. The van der Waals surface area contributed by atoms with E-state index in [-0.39, 0.29) is 18.4 Å². The van der Waals surface area contributed by atoms with Gasteiger partial charge in [0.15, 0.2) is 0 Å². The quantitative estimate of drug-likeness (QED) is 0.447. The molecule has 0 saturated carbocycles. The topological polar surface area (TPSA) is 61.4 Å². The van der Waals surface area contributed by atoms with E-state index in [1.807, 2.05) is 13.8 Å². The molecule has 2 amide bonds. The van der Waals surface area contributed by atoms with Crippen LogP contribution in [0.15, 0.2) is 0 Å². The Labute approximate surface area is 103 Å². The second-order valence-electron chi connectivity index (χ2n) is 3.47. The molecule has 0 aliphatic rings. The highest BCUT2D eigenvalue weighted by molar-refractivity contribution is 5.80. The standard InChI is InChI=1S/C12H21N3O2/c1-4-8-13-10-11(16)14-9-7-12(17)15(5-2)6-3/h1,13H,5-10H2,2-3H3,(H,14,16). The SMILES string of the molecule is C#CCNCC(=O)NCCC(=O)N(CC)CC. The van der Waals surface area contributed by atoms with Crippen LogP contribution in [0.2, 0.25) is 0 Å². The number of hydrogen-bond acceptors (Lipinski definition) is 3. The van der Waals surface area contributed by atoms with Crippen molar-refractivity contribution < 1.29 is 9.59 Å². The third-order valence-corrected chi connectivity index (χ3v) is 2.29. The van der Waals surface area contributed by atoms with Gasteiger partial charge in [-0.3, -0.25) is 14.9 Å². The van der Waals surface area contributed by atoms with E-state index in [0.29, 0.717) is 32.6 Å². The first-order valence-electron chi connectivity index (χ1n) is 5.84. The lowest BCUT2D eigenvalue weighted by Crippen LogP contribution is -2.37. The average molecular weight is 239 g/mol. The fourth-order valence-electron chi connectivity index (χ4n) is 1.35. The lowest BCUT2D eigenvalue weighted by Gasteiger charge is -2.18. The van der Waals surface area contributed by atoms with Gasteiger partial charge in [-0.05, 0) is 13.8 Å². The molecule has 0 saturated heterocycles. The Hall–Kier alpha value is -1.54. The van der Waals surface area contributed by atoms with E-state index >= 15 is 0 Å². The zero-order valence-corrected chi connectivity index (χ0v) is 10.6. The summed E-state index contributed by atoms with van der Waals surface area (Å²) in [7, 11) is 0. The van der Waals surface area contributed by atoms with E-state index in [2.05, 4.69) is 16.6 Å². The summed E-state index contributed by atoms with van der Waals surface area (Å²) in [4.78, 5) is 24.6. The second kappa shape index (κ2) is 9.67. The molecule has 0 aromatic rings. The van der Waals surface area contributed by atoms with Crippen molar-refractivity contribution in [2.75, 3.05) is 32.7 Å². The van der Waals surface area contributed by atoms with Crippen molar-refractivity contribution in [1.82, 2.24) is 15.5 Å². The molecular formula is C12H21N3O2. The first-order valence-corrected chi connectivity index (χ1v) is 5.84. The van der Waals surface area contributed by atoms with Crippen LogP contribution in [0.4, 0.5) is 0 Å². The Kier molecular flexibility index (Phi) is 8.79. The third kappa shape index (κ3) is 7.36. The molecule has 0 aliphatic heterocycles. The molecule has 0 radical (unpaired) electrons. The number of nitrogens with one attached hydrogen (secondary N) is 2. The molecule has 0 atom stereocenters. The number of hydrogen-bond donors (Lipinski definition) is 2. The molecule has 96 valence electrons. The Morgan fingerprint density at radius 1 is 1.29 bits per heavy atom. The highest BCUT2D eigenvalue weighted by Gasteiger charge is 2.09. The van der Waals surface area contributed by atoms with Gasteiger partial charge in [-0.25, -0.2) is 0 Å². The molecule has 0 aliphatic carbocycles. The van der Waals surface area contributed by atoms with Gasteiger partial charge in [0.1, 0.15) is 0 Å².